The fraction of sp³-hybridized carbons (Fsp3) is 0.700. The molecule has 2 N–H and O–H groups in total. The van der Waals surface area contributed by atoms with Gasteiger partial charge in [-0.3, -0.25) is 9.78 Å². The van der Waals surface area contributed by atoms with Crippen molar-refractivity contribution in [1.82, 2.24) is 20.1 Å². The van der Waals surface area contributed by atoms with Crippen LogP contribution in [0.1, 0.15) is 19.3 Å². The minimum atomic E-state index is -0.560. The van der Waals surface area contributed by atoms with E-state index in [1.807, 2.05) is 0 Å². The first kappa shape index (κ1) is 12.4. The van der Waals surface area contributed by atoms with E-state index in [-0.39, 0.29) is 0 Å². The monoisotopic (exact) mass is 256 g/mol. The summed E-state index contributed by atoms with van der Waals surface area (Å²) >= 11 is 1.38. The fourth-order valence-electron chi connectivity index (χ4n) is 1.89. The Bertz CT molecular complexity index is 464. The summed E-state index contributed by atoms with van der Waals surface area (Å²) in [5.74, 6) is 0.822. The number of aromatic nitrogens is 3. The smallest absolute Gasteiger partial charge is 0.303 e. The standard InChI is InChI=1S/C10H16N4O2S/c15-8-9(12-13-10(16)11-8)17-7-6-14-4-2-1-3-5-14/h1-7H2,(H2,11,13,15,16). The SMILES string of the molecule is O=c1[nH]nc(SCCN2CCCCC2)c(=O)[nH]1. The Kier molecular flexibility index (Phi) is 4.38. The summed E-state index contributed by atoms with van der Waals surface area (Å²) < 4.78 is 0. The lowest BCUT2D eigenvalue weighted by atomic mass is 10.1. The maximum absolute atomic E-state index is 11.3. The average Bonchev–Trinajstić information content (AvgIpc) is 2.33. The number of hydrogen-bond acceptors (Lipinski definition) is 5. The highest BCUT2D eigenvalue weighted by atomic mass is 32.2. The molecule has 2 rings (SSSR count). The second-order valence-electron chi connectivity index (χ2n) is 4.06. The zero-order chi connectivity index (χ0) is 12.1. The van der Waals surface area contributed by atoms with Crippen LogP contribution in [0.15, 0.2) is 14.6 Å². The Labute approximate surface area is 103 Å². The molecular weight excluding hydrogens is 240 g/mol. The number of H-pyrrole nitrogens is 2. The van der Waals surface area contributed by atoms with Crippen molar-refractivity contribution in [2.24, 2.45) is 0 Å². The Balaban J connectivity index is 1.81. The quantitative estimate of drug-likeness (QED) is 0.743. The van der Waals surface area contributed by atoms with Gasteiger partial charge in [-0.2, -0.15) is 5.10 Å². The molecule has 0 bridgehead atoms. The third kappa shape index (κ3) is 3.71. The zero-order valence-corrected chi connectivity index (χ0v) is 10.4. The van der Waals surface area contributed by atoms with E-state index < -0.39 is 11.2 Å². The molecule has 0 spiro atoms. The summed E-state index contributed by atoms with van der Waals surface area (Å²) in [4.78, 5) is 26.7. The molecule has 17 heavy (non-hydrogen) atoms. The van der Waals surface area contributed by atoms with Crippen molar-refractivity contribution >= 4 is 11.8 Å². The molecule has 0 atom stereocenters. The highest BCUT2D eigenvalue weighted by Crippen LogP contribution is 2.12. The molecule has 7 heteroatoms. The minimum Gasteiger partial charge on any atom is -0.303 e. The number of piperidine rings is 1. The van der Waals surface area contributed by atoms with Gasteiger partial charge in [0.25, 0.3) is 5.56 Å². The van der Waals surface area contributed by atoms with Crippen molar-refractivity contribution in [3.63, 3.8) is 0 Å². The average molecular weight is 256 g/mol. The van der Waals surface area contributed by atoms with E-state index in [0.29, 0.717) is 5.03 Å². The van der Waals surface area contributed by atoms with E-state index in [9.17, 15) is 9.59 Å². The summed E-state index contributed by atoms with van der Waals surface area (Å²) in [5, 5.41) is 6.29. The molecule has 1 fully saturated rings. The van der Waals surface area contributed by atoms with Gasteiger partial charge in [0.2, 0.25) is 0 Å². The van der Waals surface area contributed by atoms with Gasteiger partial charge < -0.3 is 4.90 Å². The van der Waals surface area contributed by atoms with Crippen molar-refractivity contribution in [2.45, 2.75) is 24.3 Å². The molecule has 0 saturated carbocycles. The fourth-order valence-corrected chi connectivity index (χ4v) is 2.72. The van der Waals surface area contributed by atoms with Gasteiger partial charge in [0, 0.05) is 12.3 Å². The van der Waals surface area contributed by atoms with Crippen LogP contribution in [-0.2, 0) is 0 Å². The topological polar surface area (TPSA) is 81.8 Å². The lowest BCUT2D eigenvalue weighted by molar-refractivity contribution is 0.242. The van der Waals surface area contributed by atoms with Crippen LogP contribution in [0, 0.1) is 0 Å². The third-order valence-electron chi connectivity index (χ3n) is 2.78. The number of hydrogen-bond donors (Lipinski definition) is 2. The molecule has 0 aliphatic carbocycles. The van der Waals surface area contributed by atoms with E-state index >= 15 is 0 Å². The number of likely N-dealkylation sites (tertiary alicyclic amines) is 1. The molecular formula is C10H16N4O2S. The van der Waals surface area contributed by atoms with Crippen LogP contribution in [-0.4, -0.2) is 45.5 Å². The summed E-state index contributed by atoms with van der Waals surface area (Å²) in [6.07, 6.45) is 3.86. The predicted molar refractivity (Wildman–Crippen MR) is 66.5 cm³/mol. The first-order valence-electron chi connectivity index (χ1n) is 5.80. The lowest BCUT2D eigenvalue weighted by Gasteiger charge is -2.25. The number of thioether (sulfide) groups is 1. The maximum atomic E-state index is 11.3. The first-order chi connectivity index (χ1) is 8.25. The molecule has 1 aromatic rings. The van der Waals surface area contributed by atoms with Crippen LogP contribution in [0.2, 0.25) is 0 Å². The Morgan fingerprint density at radius 3 is 2.71 bits per heavy atom. The van der Waals surface area contributed by atoms with Crippen LogP contribution in [0.5, 0.6) is 0 Å². The van der Waals surface area contributed by atoms with Gasteiger partial charge in [0.1, 0.15) is 0 Å². The molecule has 0 unspecified atom stereocenters. The molecule has 0 amide bonds. The minimum absolute atomic E-state index is 0.335. The van der Waals surface area contributed by atoms with Gasteiger partial charge in [-0.25, -0.2) is 9.89 Å². The van der Waals surface area contributed by atoms with Crippen LogP contribution in [0.25, 0.3) is 0 Å². The van der Waals surface area contributed by atoms with Gasteiger partial charge >= 0.3 is 5.69 Å². The summed E-state index contributed by atoms with van der Waals surface area (Å²) in [6.45, 7) is 3.26. The summed E-state index contributed by atoms with van der Waals surface area (Å²) in [7, 11) is 0. The van der Waals surface area contributed by atoms with Crippen molar-refractivity contribution < 1.29 is 0 Å². The van der Waals surface area contributed by atoms with E-state index in [1.165, 1.54) is 31.0 Å². The molecule has 2 heterocycles. The molecule has 6 nitrogen and oxygen atoms in total. The normalized spacial score (nSPS) is 17.2. The van der Waals surface area contributed by atoms with E-state index in [1.54, 1.807) is 0 Å². The number of rotatable bonds is 4. The third-order valence-corrected chi connectivity index (χ3v) is 3.71. The van der Waals surface area contributed by atoms with Crippen LogP contribution < -0.4 is 11.2 Å². The van der Waals surface area contributed by atoms with Gasteiger partial charge in [0.05, 0.1) is 0 Å². The molecule has 1 aliphatic rings. The van der Waals surface area contributed by atoms with Crippen LogP contribution in [0.4, 0.5) is 0 Å². The van der Waals surface area contributed by atoms with Gasteiger partial charge in [-0.15, -0.1) is 0 Å². The number of aromatic amines is 2. The highest BCUT2D eigenvalue weighted by molar-refractivity contribution is 7.99. The zero-order valence-electron chi connectivity index (χ0n) is 9.57. The Morgan fingerprint density at radius 2 is 2.00 bits per heavy atom. The van der Waals surface area contributed by atoms with Gasteiger partial charge in [-0.05, 0) is 25.9 Å². The second kappa shape index (κ2) is 6.02. The summed E-state index contributed by atoms with van der Waals surface area (Å²) in [6, 6.07) is 0. The van der Waals surface area contributed by atoms with Gasteiger partial charge in [0.15, 0.2) is 5.03 Å². The molecule has 0 aromatic carbocycles. The summed E-state index contributed by atoms with van der Waals surface area (Å²) in [5.41, 5.74) is -0.965. The van der Waals surface area contributed by atoms with Crippen LogP contribution >= 0.6 is 11.8 Å². The largest absolute Gasteiger partial charge is 0.342 e. The maximum Gasteiger partial charge on any atom is 0.342 e. The number of nitrogens with one attached hydrogen (secondary N) is 2. The Hall–Kier alpha value is -1.08. The predicted octanol–water partition coefficient (Wildman–Crippen LogP) is 0.0362. The first-order valence-corrected chi connectivity index (χ1v) is 6.78. The van der Waals surface area contributed by atoms with Crippen molar-refractivity contribution in [3.05, 3.63) is 20.8 Å². The van der Waals surface area contributed by atoms with Crippen LogP contribution in [0.3, 0.4) is 0 Å². The number of nitrogens with zero attached hydrogens (tertiary/aromatic N) is 2. The molecule has 0 radical (unpaired) electrons. The molecule has 1 aromatic heterocycles. The van der Waals surface area contributed by atoms with Crippen molar-refractivity contribution in [3.8, 4) is 0 Å². The highest BCUT2D eigenvalue weighted by Gasteiger charge is 2.10. The molecule has 1 saturated heterocycles. The second-order valence-corrected chi connectivity index (χ2v) is 5.15. The molecule has 94 valence electrons. The van der Waals surface area contributed by atoms with Gasteiger partial charge in [-0.1, -0.05) is 18.2 Å². The van der Waals surface area contributed by atoms with Crippen molar-refractivity contribution in [2.75, 3.05) is 25.4 Å². The van der Waals surface area contributed by atoms with E-state index in [4.69, 9.17) is 0 Å². The van der Waals surface area contributed by atoms with Crippen molar-refractivity contribution in [1.29, 1.82) is 0 Å². The Morgan fingerprint density at radius 1 is 1.24 bits per heavy atom. The van der Waals surface area contributed by atoms with E-state index in [2.05, 4.69) is 20.1 Å². The lowest BCUT2D eigenvalue weighted by Crippen LogP contribution is -2.32. The molecule has 1 aliphatic heterocycles. The van der Waals surface area contributed by atoms with E-state index in [0.717, 1.165) is 25.4 Å².